The first-order valence-corrected chi connectivity index (χ1v) is 6.63. The Morgan fingerprint density at radius 2 is 2.27 bits per heavy atom. The number of halogens is 1. The summed E-state index contributed by atoms with van der Waals surface area (Å²) in [5.74, 6) is -0.163. The minimum atomic E-state index is -0.163. The van der Waals surface area contributed by atoms with Gasteiger partial charge in [0.1, 0.15) is 4.88 Å². The van der Waals surface area contributed by atoms with Gasteiger partial charge in [-0.25, -0.2) is 5.48 Å². The maximum absolute atomic E-state index is 11.6. The minimum Gasteiger partial charge on any atom is -0.270 e. The van der Waals surface area contributed by atoms with Crippen LogP contribution >= 0.6 is 27.3 Å². The summed E-state index contributed by atoms with van der Waals surface area (Å²) in [6.45, 7) is 0. The maximum Gasteiger partial charge on any atom is 0.286 e. The van der Waals surface area contributed by atoms with Gasteiger partial charge in [0.05, 0.1) is 6.10 Å². The van der Waals surface area contributed by atoms with Gasteiger partial charge in [0.25, 0.3) is 5.91 Å². The molecule has 1 aliphatic carbocycles. The molecule has 3 nitrogen and oxygen atoms in total. The molecule has 1 amide bonds. The van der Waals surface area contributed by atoms with Gasteiger partial charge in [-0.3, -0.25) is 9.63 Å². The van der Waals surface area contributed by atoms with Crippen molar-refractivity contribution in [2.75, 3.05) is 0 Å². The Morgan fingerprint density at radius 1 is 1.53 bits per heavy atom. The van der Waals surface area contributed by atoms with Crippen molar-refractivity contribution in [2.45, 2.75) is 31.8 Å². The van der Waals surface area contributed by atoms with Crippen LogP contribution in [-0.4, -0.2) is 12.0 Å². The summed E-state index contributed by atoms with van der Waals surface area (Å²) < 4.78 is 0.819. The van der Waals surface area contributed by atoms with Crippen LogP contribution in [-0.2, 0) is 4.84 Å². The summed E-state index contributed by atoms with van der Waals surface area (Å²) in [5.41, 5.74) is 2.51. The van der Waals surface area contributed by atoms with E-state index in [1.54, 1.807) is 0 Å². The number of carbonyl (C=O) groups is 1. The molecular formula is C10H12BrNO2S. The number of carbonyl (C=O) groups excluding carboxylic acids is 1. The molecule has 1 aromatic heterocycles. The quantitative estimate of drug-likeness (QED) is 0.869. The predicted molar refractivity (Wildman–Crippen MR) is 62.8 cm³/mol. The average Bonchev–Trinajstić information content (AvgIpc) is 2.84. The average molecular weight is 290 g/mol. The van der Waals surface area contributed by atoms with Gasteiger partial charge < -0.3 is 0 Å². The fourth-order valence-corrected chi connectivity index (χ4v) is 3.08. The predicted octanol–water partition coefficient (Wildman–Crippen LogP) is 3.11. The maximum atomic E-state index is 11.6. The van der Waals surface area contributed by atoms with E-state index in [-0.39, 0.29) is 12.0 Å². The van der Waals surface area contributed by atoms with E-state index < -0.39 is 0 Å². The normalized spacial score (nSPS) is 16.9. The highest BCUT2D eigenvalue weighted by molar-refractivity contribution is 9.10. The van der Waals surface area contributed by atoms with Crippen LogP contribution < -0.4 is 5.48 Å². The molecular weight excluding hydrogens is 278 g/mol. The van der Waals surface area contributed by atoms with Gasteiger partial charge in [-0.05, 0) is 40.2 Å². The van der Waals surface area contributed by atoms with Crippen molar-refractivity contribution >= 4 is 33.2 Å². The number of hydrogen-bond acceptors (Lipinski definition) is 3. The molecule has 0 atom stereocenters. The Balaban J connectivity index is 1.84. The Kier molecular flexibility index (Phi) is 3.77. The molecule has 15 heavy (non-hydrogen) atoms. The van der Waals surface area contributed by atoms with E-state index in [9.17, 15) is 4.79 Å². The summed E-state index contributed by atoms with van der Waals surface area (Å²) in [6, 6.07) is 1.86. The van der Waals surface area contributed by atoms with Gasteiger partial charge in [-0.1, -0.05) is 12.8 Å². The third kappa shape index (κ3) is 2.80. The molecule has 0 aliphatic heterocycles. The first-order chi connectivity index (χ1) is 7.27. The number of hydroxylamine groups is 1. The van der Waals surface area contributed by atoms with Crippen molar-refractivity contribution in [3.05, 3.63) is 20.8 Å². The van der Waals surface area contributed by atoms with Crippen LogP contribution in [0.2, 0.25) is 0 Å². The van der Waals surface area contributed by atoms with Crippen LogP contribution in [0.15, 0.2) is 15.9 Å². The standard InChI is InChI=1S/C10H12BrNO2S/c11-8-5-6-15-9(8)10(13)12-14-7-3-1-2-4-7/h5-7H,1-4H2,(H,12,13). The van der Waals surface area contributed by atoms with Crippen LogP contribution in [0, 0.1) is 0 Å². The van der Waals surface area contributed by atoms with Crippen LogP contribution in [0.3, 0.4) is 0 Å². The number of rotatable bonds is 3. The highest BCUT2D eigenvalue weighted by Crippen LogP contribution is 2.23. The van der Waals surface area contributed by atoms with Gasteiger partial charge >= 0.3 is 0 Å². The van der Waals surface area contributed by atoms with Crippen LogP contribution in [0.5, 0.6) is 0 Å². The smallest absolute Gasteiger partial charge is 0.270 e. The molecule has 1 aromatic rings. The number of nitrogens with one attached hydrogen (secondary N) is 1. The molecule has 0 bridgehead atoms. The summed E-state index contributed by atoms with van der Waals surface area (Å²) in [6.07, 6.45) is 4.69. The molecule has 1 fully saturated rings. The summed E-state index contributed by atoms with van der Waals surface area (Å²) in [4.78, 5) is 17.6. The molecule has 0 spiro atoms. The van der Waals surface area contributed by atoms with E-state index in [0.29, 0.717) is 4.88 Å². The molecule has 1 N–H and O–H groups in total. The molecule has 82 valence electrons. The third-order valence-corrected chi connectivity index (χ3v) is 4.28. The number of amides is 1. The van der Waals surface area contributed by atoms with Crippen molar-refractivity contribution in [2.24, 2.45) is 0 Å². The molecule has 2 rings (SSSR count). The van der Waals surface area contributed by atoms with Crippen molar-refractivity contribution in [3.63, 3.8) is 0 Å². The number of thiophene rings is 1. The van der Waals surface area contributed by atoms with Crippen molar-refractivity contribution in [1.82, 2.24) is 5.48 Å². The lowest BCUT2D eigenvalue weighted by Gasteiger charge is -2.10. The minimum absolute atomic E-state index is 0.163. The van der Waals surface area contributed by atoms with E-state index >= 15 is 0 Å². The second-order valence-corrected chi connectivity index (χ2v) is 5.32. The monoisotopic (exact) mass is 289 g/mol. The highest BCUT2D eigenvalue weighted by atomic mass is 79.9. The Morgan fingerprint density at radius 3 is 2.87 bits per heavy atom. The van der Waals surface area contributed by atoms with Gasteiger partial charge in [0.2, 0.25) is 0 Å². The zero-order valence-corrected chi connectivity index (χ0v) is 10.6. The van der Waals surface area contributed by atoms with E-state index in [1.807, 2.05) is 11.4 Å². The van der Waals surface area contributed by atoms with Gasteiger partial charge in [-0.2, -0.15) is 0 Å². The zero-order valence-electron chi connectivity index (χ0n) is 8.16. The number of hydrogen-bond donors (Lipinski definition) is 1. The molecule has 1 heterocycles. The van der Waals surface area contributed by atoms with Crippen LogP contribution in [0.25, 0.3) is 0 Å². The van der Waals surface area contributed by atoms with Crippen molar-refractivity contribution < 1.29 is 9.63 Å². The van der Waals surface area contributed by atoms with E-state index in [0.717, 1.165) is 17.3 Å². The molecule has 5 heteroatoms. The van der Waals surface area contributed by atoms with Crippen molar-refractivity contribution in [3.8, 4) is 0 Å². The summed E-state index contributed by atoms with van der Waals surface area (Å²) in [5, 5.41) is 1.87. The SMILES string of the molecule is O=C(NOC1CCCC1)c1sccc1Br. The van der Waals surface area contributed by atoms with Crippen LogP contribution in [0.1, 0.15) is 35.4 Å². The molecule has 1 aliphatic rings. The van der Waals surface area contributed by atoms with Crippen LogP contribution in [0.4, 0.5) is 0 Å². The second kappa shape index (κ2) is 5.09. The van der Waals surface area contributed by atoms with E-state index in [2.05, 4.69) is 21.4 Å². The lowest BCUT2D eigenvalue weighted by atomic mass is 10.3. The third-order valence-electron chi connectivity index (χ3n) is 2.44. The Bertz CT molecular complexity index is 347. The Hall–Kier alpha value is -0.390. The molecule has 0 aromatic carbocycles. The lowest BCUT2D eigenvalue weighted by molar-refractivity contribution is -0.0122. The first kappa shape index (κ1) is 11.1. The van der Waals surface area contributed by atoms with Gasteiger partial charge in [0.15, 0.2) is 0 Å². The topological polar surface area (TPSA) is 38.3 Å². The highest BCUT2D eigenvalue weighted by Gasteiger charge is 2.18. The Labute approximate surface area is 101 Å². The summed E-state index contributed by atoms with van der Waals surface area (Å²) in [7, 11) is 0. The van der Waals surface area contributed by atoms with Gasteiger partial charge in [-0.15, -0.1) is 11.3 Å². The van der Waals surface area contributed by atoms with E-state index in [1.165, 1.54) is 24.2 Å². The largest absolute Gasteiger partial charge is 0.286 e. The molecule has 0 saturated heterocycles. The van der Waals surface area contributed by atoms with Gasteiger partial charge in [0, 0.05) is 4.47 Å². The first-order valence-electron chi connectivity index (χ1n) is 4.96. The second-order valence-electron chi connectivity index (χ2n) is 3.55. The fourth-order valence-electron chi connectivity index (χ4n) is 1.65. The zero-order chi connectivity index (χ0) is 10.7. The molecule has 0 radical (unpaired) electrons. The van der Waals surface area contributed by atoms with Crippen molar-refractivity contribution in [1.29, 1.82) is 0 Å². The van der Waals surface area contributed by atoms with E-state index in [4.69, 9.17) is 4.84 Å². The lowest BCUT2D eigenvalue weighted by Crippen LogP contribution is -2.27. The fraction of sp³-hybridized carbons (Fsp3) is 0.500. The summed E-state index contributed by atoms with van der Waals surface area (Å²) >= 11 is 4.72. The molecule has 0 unspecified atom stereocenters. The molecule has 1 saturated carbocycles.